The molecule has 0 spiro atoms. The van der Waals surface area contributed by atoms with Crippen LogP contribution in [-0.4, -0.2) is 9.78 Å². The Kier molecular flexibility index (Phi) is 1.86. The van der Waals surface area contributed by atoms with Crippen LogP contribution < -0.4 is 5.73 Å². The van der Waals surface area contributed by atoms with Crippen molar-refractivity contribution in [2.75, 3.05) is 0 Å². The number of nitrogens with zero attached hydrogens (tertiary/aromatic N) is 2. The van der Waals surface area contributed by atoms with Crippen molar-refractivity contribution in [3.63, 3.8) is 0 Å². The van der Waals surface area contributed by atoms with Crippen LogP contribution in [0.4, 0.5) is 0 Å². The van der Waals surface area contributed by atoms with Crippen LogP contribution in [0.15, 0.2) is 12.3 Å². The first-order valence-electron chi connectivity index (χ1n) is 3.99. The van der Waals surface area contributed by atoms with Gasteiger partial charge in [0.25, 0.3) is 0 Å². The summed E-state index contributed by atoms with van der Waals surface area (Å²) in [4.78, 5) is 1.20. The van der Waals surface area contributed by atoms with E-state index in [2.05, 4.69) is 24.3 Å². The monoisotopic (exact) mass is 181 g/mol. The highest BCUT2D eigenvalue weighted by Gasteiger charge is 2.03. The van der Waals surface area contributed by atoms with Gasteiger partial charge < -0.3 is 5.73 Å². The number of hydrogen-bond donors (Lipinski definition) is 1. The zero-order valence-corrected chi connectivity index (χ0v) is 7.77. The lowest BCUT2D eigenvalue weighted by molar-refractivity contribution is 0.668. The molecule has 0 aliphatic rings. The van der Waals surface area contributed by atoms with Gasteiger partial charge in [-0.1, -0.05) is 0 Å². The van der Waals surface area contributed by atoms with Gasteiger partial charge in [0.2, 0.25) is 0 Å². The fourth-order valence-corrected chi connectivity index (χ4v) is 2.10. The standard InChI is InChI=1S/C8H11N3S/c1-2-11-5-8-7(10-11)3-6(4-9)12-8/h3,5H,2,4,9H2,1H3. The highest BCUT2D eigenvalue weighted by Crippen LogP contribution is 2.23. The van der Waals surface area contributed by atoms with E-state index in [0.29, 0.717) is 6.54 Å². The van der Waals surface area contributed by atoms with Crippen molar-refractivity contribution in [1.29, 1.82) is 0 Å². The summed E-state index contributed by atoms with van der Waals surface area (Å²) in [7, 11) is 0. The quantitative estimate of drug-likeness (QED) is 0.764. The Labute approximate surface area is 74.8 Å². The summed E-state index contributed by atoms with van der Waals surface area (Å²) >= 11 is 1.73. The average molecular weight is 181 g/mol. The second-order valence-electron chi connectivity index (χ2n) is 2.65. The van der Waals surface area contributed by atoms with Crippen LogP contribution in [0, 0.1) is 0 Å². The van der Waals surface area contributed by atoms with Gasteiger partial charge in [-0.25, -0.2) is 0 Å². The Bertz CT molecular complexity index is 323. The van der Waals surface area contributed by atoms with Crippen LogP contribution in [0.2, 0.25) is 0 Å². The van der Waals surface area contributed by atoms with E-state index >= 15 is 0 Å². The van der Waals surface area contributed by atoms with Gasteiger partial charge in [-0.15, -0.1) is 11.3 Å². The summed E-state index contributed by atoms with van der Waals surface area (Å²) in [5, 5.41) is 4.37. The molecule has 0 bridgehead atoms. The second kappa shape index (κ2) is 2.88. The molecule has 0 saturated carbocycles. The van der Waals surface area contributed by atoms with Gasteiger partial charge in [-0.05, 0) is 13.0 Å². The first-order valence-corrected chi connectivity index (χ1v) is 4.81. The number of rotatable bonds is 2. The summed E-state index contributed by atoms with van der Waals surface area (Å²) in [6.07, 6.45) is 2.07. The zero-order valence-electron chi connectivity index (χ0n) is 6.95. The summed E-state index contributed by atoms with van der Waals surface area (Å²) in [5.41, 5.74) is 6.59. The van der Waals surface area contributed by atoms with Crippen LogP contribution in [-0.2, 0) is 13.1 Å². The van der Waals surface area contributed by atoms with E-state index in [-0.39, 0.29) is 0 Å². The Morgan fingerprint density at radius 1 is 1.67 bits per heavy atom. The van der Waals surface area contributed by atoms with Gasteiger partial charge in [0.05, 0.1) is 4.70 Å². The molecular weight excluding hydrogens is 170 g/mol. The number of aryl methyl sites for hydroxylation is 1. The third-order valence-electron chi connectivity index (χ3n) is 1.82. The van der Waals surface area contributed by atoms with Crippen molar-refractivity contribution >= 4 is 21.6 Å². The maximum atomic E-state index is 5.52. The van der Waals surface area contributed by atoms with E-state index in [1.165, 1.54) is 9.58 Å². The molecule has 0 atom stereocenters. The Morgan fingerprint density at radius 3 is 3.08 bits per heavy atom. The van der Waals surface area contributed by atoms with Crippen LogP contribution in [0.25, 0.3) is 10.2 Å². The molecule has 64 valence electrons. The minimum Gasteiger partial charge on any atom is -0.326 e. The molecule has 0 radical (unpaired) electrons. The molecule has 0 saturated heterocycles. The highest BCUT2D eigenvalue weighted by molar-refractivity contribution is 7.19. The van der Waals surface area contributed by atoms with Gasteiger partial charge in [-0.3, -0.25) is 4.68 Å². The normalized spacial score (nSPS) is 11.2. The largest absolute Gasteiger partial charge is 0.326 e. The molecule has 2 rings (SSSR count). The lowest BCUT2D eigenvalue weighted by Crippen LogP contribution is -1.94. The van der Waals surface area contributed by atoms with E-state index in [1.54, 1.807) is 11.3 Å². The second-order valence-corrected chi connectivity index (χ2v) is 3.82. The fourth-order valence-electron chi connectivity index (χ4n) is 1.18. The van der Waals surface area contributed by atoms with Crippen molar-refractivity contribution in [1.82, 2.24) is 9.78 Å². The number of fused-ring (bicyclic) bond motifs is 1. The van der Waals surface area contributed by atoms with Crippen LogP contribution >= 0.6 is 11.3 Å². The molecular formula is C8H11N3S. The molecule has 0 fully saturated rings. The Morgan fingerprint density at radius 2 is 2.50 bits per heavy atom. The van der Waals surface area contributed by atoms with Crippen LogP contribution in [0.3, 0.4) is 0 Å². The molecule has 0 aliphatic heterocycles. The maximum Gasteiger partial charge on any atom is 0.103 e. The van der Waals surface area contributed by atoms with E-state index in [1.807, 2.05) is 4.68 Å². The van der Waals surface area contributed by atoms with E-state index in [0.717, 1.165) is 12.1 Å². The van der Waals surface area contributed by atoms with Crippen molar-refractivity contribution in [2.45, 2.75) is 20.0 Å². The third-order valence-corrected chi connectivity index (χ3v) is 2.90. The fraction of sp³-hybridized carbons (Fsp3) is 0.375. The summed E-state index contributed by atoms with van der Waals surface area (Å²) in [6.45, 7) is 3.63. The van der Waals surface area contributed by atoms with Crippen LogP contribution in [0.5, 0.6) is 0 Å². The predicted molar refractivity (Wildman–Crippen MR) is 51.2 cm³/mol. The van der Waals surface area contributed by atoms with E-state index < -0.39 is 0 Å². The molecule has 0 amide bonds. The van der Waals surface area contributed by atoms with Crippen molar-refractivity contribution < 1.29 is 0 Å². The van der Waals surface area contributed by atoms with Crippen molar-refractivity contribution in [3.05, 3.63) is 17.1 Å². The minimum absolute atomic E-state index is 0.618. The Hall–Kier alpha value is -0.870. The number of nitrogens with two attached hydrogens (primary N) is 1. The Balaban J connectivity index is 2.52. The topological polar surface area (TPSA) is 43.8 Å². The van der Waals surface area contributed by atoms with Crippen molar-refractivity contribution in [2.24, 2.45) is 5.73 Å². The maximum absolute atomic E-state index is 5.52. The third kappa shape index (κ3) is 1.13. The first-order chi connectivity index (χ1) is 5.83. The number of aromatic nitrogens is 2. The summed E-state index contributed by atoms with van der Waals surface area (Å²) < 4.78 is 3.18. The molecule has 2 N–H and O–H groups in total. The predicted octanol–water partition coefficient (Wildman–Crippen LogP) is 1.58. The summed E-state index contributed by atoms with van der Waals surface area (Å²) in [5.74, 6) is 0. The van der Waals surface area contributed by atoms with Gasteiger partial charge in [0.15, 0.2) is 0 Å². The SMILES string of the molecule is CCn1cc2sc(CN)cc2n1. The summed E-state index contributed by atoms with van der Waals surface area (Å²) in [6, 6.07) is 2.06. The molecule has 2 heterocycles. The molecule has 12 heavy (non-hydrogen) atoms. The van der Waals surface area contributed by atoms with Gasteiger partial charge >= 0.3 is 0 Å². The molecule has 3 nitrogen and oxygen atoms in total. The average Bonchev–Trinajstić information content (AvgIpc) is 2.59. The van der Waals surface area contributed by atoms with Crippen LogP contribution in [0.1, 0.15) is 11.8 Å². The van der Waals surface area contributed by atoms with Gasteiger partial charge in [0.1, 0.15) is 5.52 Å². The molecule has 0 aliphatic carbocycles. The van der Waals surface area contributed by atoms with Gasteiger partial charge in [0, 0.05) is 24.2 Å². The first kappa shape index (κ1) is 7.76. The lowest BCUT2D eigenvalue weighted by atomic mass is 10.4. The smallest absolute Gasteiger partial charge is 0.103 e. The lowest BCUT2D eigenvalue weighted by Gasteiger charge is -1.90. The highest BCUT2D eigenvalue weighted by atomic mass is 32.1. The molecule has 2 aromatic rings. The minimum atomic E-state index is 0.618. The van der Waals surface area contributed by atoms with Crippen molar-refractivity contribution in [3.8, 4) is 0 Å². The molecule has 2 aromatic heterocycles. The van der Waals surface area contributed by atoms with Gasteiger partial charge in [-0.2, -0.15) is 5.10 Å². The zero-order chi connectivity index (χ0) is 8.55. The van der Waals surface area contributed by atoms with E-state index in [4.69, 9.17) is 5.73 Å². The molecule has 4 heteroatoms. The number of hydrogen-bond acceptors (Lipinski definition) is 3. The van der Waals surface area contributed by atoms with E-state index in [9.17, 15) is 0 Å². The number of thiophene rings is 1. The molecule has 0 unspecified atom stereocenters. The molecule has 0 aromatic carbocycles.